The number of halogens is 1. The summed E-state index contributed by atoms with van der Waals surface area (Å²) in [4.78, 5) is 13.0. The molecule has 0 radical (unpaired) electrons. The minimum Gasteiger partial charge on any atom is -0.352 e. The Bertz CT molecular complexity index is 969. The molecule has 0 N–H and O–H groups in total. The van der Waals surface area contributed by atoms with Crippen molar-refractivity contribution in [2.24, 2.45) is 0 Å². The third-order valence-electron chi connectivity index (χ3n) is 4.72. The molecule has 1 saturated heterocycles. The first kappa shape index (κ1) is 17.6. The van der Waals surface area contributed by atoms with Crippen LogP contribution in [-0.4, -0.2) is 56.0 Å². The fourth-order valence-corrected chi connectivity index (χ4v) is 3.12. The second kappa shape index (κ2) is 6.40. The molecule has 0 spiro atoms. The van der Waals surface area contributed by atoms with E-state index in [1.807, 2.05) is 37.8 Å². The Morgan fingerprint density at radius 3 is 2.41 bits per heavy atom. The van der Waals surface area contributed by atoms with Crippen LogP contribution in [0.25, 0.3) is 5.65 Å². The van der Waals surface area contributed by atoms with Gasteiger partial charge >= 0.3 is 0 Å². The van der Waals surface area contributed by atoms with Gasteiger partial charge in [-0.3, -0.25) is 0 Å². The summed E-state index contributed by atoms with van der Waals surface area (Å²) in [5.74, 6) is 1.59. The zero-order valence-electron chi connectivity index (χ0n) is 16.0. The fraction of sp³-hybridized carbons (Fsp3) is 0.500. The van der Waals surface area contributed by atoms with Crippen molar-refractivity contribution in [1.82, 2.24) is 29.8 Å². The summed E-state index contributed by atoms with van der Waals surface area (Å²) in [5, 5.41) is 12.4. The Kier molecular flexibility index (Phi) is 4.16. The van der Waals surface area contributed by atoms with Gasteiger partial charge in [0.05, 0.1) is 5.69 Å². The Morgan fingerprint density at radius 1 is 1.00 bits per heavy atom. The average molecular weight is 370 g/mol. The third-order valence-corrected chi connectivity index (χ3v) is 4.72. The van der Waals surface area contributed by atoms with Crippen LogP contribution in [0.5, 0.6) is 0 Å². The number of aromatic nitrogens is 6. The molecule has 3 aromatic rings. The maximum Gasteiger partial charge on any atom is 0.186 e. The summed E-state index contributed by atoms with van der Waals surface area (Å²) in [6.45, 7) is 10.6. The first-order valence-corrected chi connectivity index (χ1v) is 9.04. The third kappa shape index (κ3) is 3.29. The van der Waals surface area contributed by atoms with Crippen molar-refractivity contribution >= 4 is 17.3 Å². The molecule has 0 amide bonds. The number of aryl methyl sites for hydroxylation is 1. The van der Waals surface area contributed by atoms with Crippen molar-refractivity contribution in [1.29, 1.82) is 0 Å². The maximum absolute atomic E-state index is 14.7. The molecule has 0 aromatic carbocycles. The van der Waals surface area contributed by atoms with E-state index in [1.54, 1.807) is 17.8 Å². The van der Waals surface area contributed by atoms with Crippen LogP contribution in [0.1, 0.15) is 32.3 Å². The normalized spacial score (nSPS) is 15.6. The number of hydrogen-bond acceptors (Lipinski definition) is 7. The van der Waals surface area contributed by atoms with Gasteiger partial charge in [0, 0.05) is 31.6 Å². The lowest BCUT2D eigenvalue weighted by molar-refractivity contribution is 0.516. The molecule has 0 unspecified atom stereocenters. The number of piperazine rings is 1. The highest BCUT2D eigenvalue weighted by atomic mass is 19.1. The topological polar surface area (TPSA) is 75.3 Å². The smallest absolute Gasteiger partial charge is 0.186 e. The van der Waals surface area contributed by atoms with Crippen LogP contribution in [-0.2, 0) is 5.41 Å². The highest BCUT2D eigenvalue weighted by Gasteiger charge is 2.26. The highest BCUT2D eigenvalue weighted by Crippen LogP contribution is 2.26. The number of hydrogen-bond donors (Lipinski definition) is 0. The van der Waals surface area contributed by atoms with Gasteiger partial charge in [-0.2, -0.15) is 4.52 Å². The molecule has 8 nitrogen and oxygen atoms in total. The molecule has 0 aliphatic carbocycles. The molecule has 27 heavy (non-hydrogen) atoms. The summed E-state index contributed by atoms with van der Waals surface area (Å²) in [7, 11) is 0. The molecular formula is C18H23FN8. The van der Waals surface area contributed by atoms with Crippen LogP contribution >= 0.6 is 0 Å². The van der Waals surface area contributed by atoms with Crippen LogP contribution in [0.2, 0.25) is 0 Å². The van der Waals surface area contributed by atoms with E-state index in [2.05, 4.69) is 30.2 Å². The number of fused-ring (bicyclic) bond motifs is 1. The van der Waals surface area contributed by atoms with Gasteiger partial charge in [-0.25, -0.2) is 14.4 Å². The van der Waals surface area contributed by atoms with Gasteiger partial charge in [0.15, 0.2) is 17.3 Å². The van der Waals surface area contributed by atoms with Crippen molar-refractivity contribution in [2.75, 3.05) is 36.0 Å². The van der Waals surface area contributed by atoms with Gasteiger partial charge in [-0.15, -0.1) is 15.3 Å². The van der Waals surface area contributed by atoms with Gasteiger partial charge < -0.3 is 9.80 Å². The quantitative estimate of drug-likeness (QED) is 0.683. The average Bonchev–Trinajstić information content (AvgIpc) is 3.11. The number of rotatable bonds is 2. The molecule has 1 aliphatic heterocycles. The summed E-state index contributed by atoms with van der Waals surface area (Å²) < 4.78 is 16.4. The van der Waals surface area contributed by atoms with E-state index in [0.29, 0.717) is 36.1 Å². The van der Waals surface area contributed by atoms with Crippen LogP contribution in [0.3, 0.4) is 0 Å². The minimum absolute atomic E-state index is 0.229. The lowest BCUT2D eigenvalue weighted by Gasteiger charge is -2.36. The lowest BCUT2D eigenvalue weighted by Crippen LogP contribution is -2.47. The monoisotopic (exact) mass is 370 g/mol. The zero-order chi connectivity index (χ0) is 19.2. The second-order valence-corrected chi connectivity index (χ2v) is 7.82. The van der Waals surface area contributed by atoms with Gasteiger partial charge in [0.2, 0.25) is 0 Å². The molecule has 0 bridgehead atoms. The van der Waals surface area contributed by atoms with Gasteiger partial charge in [0.1, 0.15) is 18.0 Å². The van der Waals surface area contributed by atoms with Gasteiger partial charge in [0.25, 0.3) is 0 Å². The molecule has 3 aromatic heterocycles. The molecular weight excluding hydrogens is 347 g/mol. The summed E-state index contributed by atoms with van der Waals surface area (Å²) in [6.07, 6.45) is 1.59. The standard InChI is InChI=1S/C18H23FN8/c1-12-15(19)16(22-17(21-12)18(2,3)4)26-9-7-25(8-10-26)14-6-5-13-23-20-11-27(13)24-14/h5-6,11H,7-10H2,1-4H3. The van der Waals surface area contributed by atoms with Crippen molar-refractivity contribution < 1.29 is 4.39 Å². The first-order chi connectivity index (χ1) is 12.8. The molecule has 0 atom stereocenters. The molecule has 4 heterocycles. The predicted octanol–water partition coefficient (Wildman–Crippen LogP) is 1.99. The summed E-state index contributed by atoms with van der Waals surface area (Å²) in [5.41, 5.74) is 0.880. The highest BCUT2D eigenvalue weighted by molar-refractivity contribution is 5.48. The van der Waals surface area contributed by atoms with Crippen molar-refractivity contribution in [2.45, 2.75) is 33.1 Å². The van der Waals surface area contributed by atoms with Crippen molar-refractivity contribution in [3.05, 3.63) is 35.8 Å². The largest absolute Gasteiger partial charge is 0.352 e. The van der Waals surface area contributed by atoms with Gasteiger partial charge in [-0.1, -0.05) is 20.8 Å². The summed E-state index contributed by atoms with van der Waals surface area (Å²) >= 11 is 0. The fourth-order valence-electron chi connectivity index (χ4n) is 3.12. The van der Waals surface area contributed by atoms with E-state index in [0.717, 1.165) is 18.9 Å². The molecule has 9 heteroatoms. The lowest BCUT2D eigenvalue weighted by atomic mass is 9.95. The van der Waals surface area contributed by atoms with E-state index in [1.165, 1.54) is 0 Å². The van der Waals surface area contributed by atoms with Crippen molar-refractivity contribution in [3.8, 4) is 0 Å². The van der Waals surface area contributed by atoms with Crippen LogP contribution < -0.4 is 9.80 Å². The second-order valence-electron chi connectivity index (χ2n) is 7.82. The molecule has 4 rings (SSSR count). The van der Waals surface area contributed by atoms with E-state index in [4.69, 9.17) is 0 Å². The van der Waals surface area contributed by atoms with E-state index in [-0.39, 0.29) is 11.2 Å². The predicted molar refractivity (Wildman–Crippen MR) is 101 cm³/mol. The van der Waals surface area contributed by atoms with Crippen LogP contribution in [0.15, 0.2) is 18.5 Å². The molecule has 1 aliphatic rings. The number of nitrogens with zero attached hydrogens (tertiary/aromatic N) is 8. The number of anilines is 2. The van der Waals surface area contributed by atoms with E-state index in [9.17, 15) is 4.39 Å². The Hall–Kier alpha value is -2.84. The Labute approximate surface area is 157 Å². The zero-order valence-corrected chi connectivity index (χ0v) is 16.0. The van der Waals surface area contributed by atoms with Crippen LogP contribution in [0.4, 0.5) is 16.0 Å². The van der Waals surface area contributed by atoms with Crippen molar-refractivity contribution in [3.63, 3.8) is 0 Å². The summed E-state index contributed by atoms with van der Waals surface area (Å²) in [6, 6.07) is 3.83. The van der Waals surface area contributed by atoms with E-state index < -0.39 is 0 Å². The molecule has 0 saturated carbocycles. The Morgan fingerprint density at radius 2 is 1.70 bits per heavy atom. The molecule has 142 valence electrons. The molecule has 1 fully saturated rings. The Balaban J connectivity index is 1.54. The minimum atomic E-state index is -0.333. The van der Waals surface area contributed by atoms with Gasteiger partial charge in [-0.05, 0) is 19.1 Å². The first-order valence-electron chi connectivity index (χ1n) is 9.04. The van der Waals surface area contributed by atoms with E-state index >= 15 is 0 Å². The maximum atomic E-state index is 14.7. The van der Waals surface area contributed by atoms with Crippen LogP contribution in [0, 0.1) is 12.7 Å². The SMILES string of the molecule is Cc1nc(C(C)(C)C)nc(N2CCN(c3ccc4nncn4n3)CC2)c1F.